The van der Waals surface area contributed by atoms with Gasteiger partial charge in [-0.15, -0.1) is 0 Å². The smallest absolute Gasteiger partial charge is 0.266 e. The molecule has 0 radical (unpaired) electrons. The summed E-state index contributed by atoms with van der Waals surface area (Å²) in [6, 6.07) is 3.97. The molecule has 1 fully saturated rings. The Morgan fingerprint density at radius 1 is 1.58 bits per heavy atom. The lowest BCUT2D eigenvalue weighted by molar-refractivity contribution is -0.0530. The zero-order chi connectivity index (χ0) is 13.8. The van der Waals surface area contributed by atoms with E-state index in [2.05, 4.69) is 29.2 Å². The first kappa shape index (κ1) is 13.9. The highest BCUT2D eigenvalue weighted by Crippen LogP contribution is 2.14. The number of nitrogens with one attached hydrogen (secondary N) is 1. The maximum Gasteiger partial charge on any atom is 0.266 e. The van der Waals surface area contributed by atoms with E-state index < -0.39 is 0 Å². The summed E-state index contributed by atoms with van der Waals surface area (Å²) in [5, 5.41) is 0. The summed E-state index contributed by atoms with van der Waals surface area (Å²) in [7, 11) is 0. The first-order chi connectivity index (χ1) is 9.10. The number of hydrogen-bond donors (Lipinski definition) is 2. The summed E-state index contributed by atoms with van der Waals surface area (Å²) in [6.45, 7) is 6.62. The number of carbonyl (C=O) groups is 1. The van der Waals surface area contributed by atoms with Crippen molar-refractivity contribution in [2.75, 3.05) is 13.2 Å². The summed E-state index contributed by atoms with van der Waals surface area (Å²) in [6.07, 6.45) is 1.80. The van der Waals surface area contributed by atoms with Crippen molar-refractivity contribution in [3.05, 3.63) is 29.6 Å². The molecule has 1 saturated heterocycles. The molecule has 2 rings (SSSR count). The average Bonchev–Trinajstić information content (AvgIpc) is 2.43. The maximum absolute atomic E-state index is 11.3. The molecule has 0 spiro atoms. The molecule has 6 nitrogen and oxygen atoms in total. The van der Waals surface area contributed by atoms with Crippen LogP contribution in [0.5, 0.6) is 0 Å². The lowest BCUT2D eigenvalue weighted by atomic mass is 10.2. The minimum absolute atomic E-state index is 0.249. The quantitative estimate of drug-likeness (QED) is 0.466. The number of nitrogens with zero attached hydrogens (tertiary/aromatic N) is 2. The van der Waals surface area contributed by atoms with Crippen LogP contribution in [-0.4, -0.2) is 41.1 Å². The van der Waals surface area contributed by atoms with E-state index in [-0.39, 0.29) is 12.0 Å². The Kier molecular flexibility index (Phi) is 4.47. The first-order valence-corrected chi connectivity index (χ1v) is 6.41. The van der Waals surface area contributed by atoms with Crippen LogP contribution in [0.1, 0.15) is 29.9 Å². The Morgan fingerprint density at radius 3 is 3.00 bits per heavy atom. The van der Waals surface area contributed by atoms with Gasteiger partial charge in [0.2, 0.25) is 0 Å². The van der Waals surface area contributed by atoms with Crippen LogP contribution in [0.25, 0.3) is 0 Å². The largest absolute Gasteiger partial charge is 0.376 e. The molecule has 0 aliphatic carbocycles. The van der Waals surface area contributed by atoms with Crippen LogP contribution in [-0.2, 0) is 11.3 Å². The molecule has 2 heterocycles. The molecule has 104 valence electrons. The van der Waals surface area contributed by atoms with Crippen LogP contribution in [0.2, 0.25) is 0 Å². The van der Waals surface area contributed by atoms with Crippen molar-refractivity contribution in [1.29, 1.82) is 0 Å². The number of rotatable bonds is 3. The number of hydrazine groups is 1. The van der Waals surface area contributed by atoms with Gasteiger partial charge in [-0.25, -0.2) is 5.84 Å². The van der Waals surface area contributed by atoms with Crippen molar-refractivity contribution in [2.24, 2.45) is 5.84 Å². The van der Waals surface area contributed by atoms with Crippen LogP contribution >= 0.6 is 0 Å². The van der Waals surface area contributed by atoms with Gasteiger partial charge in [-0.1, -0.05) is 0 Å². The molecule has 1 amide bonds. The van der Waals surface area contributed by atoms with Gasteiger partial charge in [0.15, 0.2) is 0 Å². The summed E-state index contributed by atoms with van der Waals surface area (Å²) >= 11 is 0. The van der Waals surface area contributed by atoms with Gasteiger partial charge in [-0.05, 0) is 26.0 Å². The highest BCUT2D eigenvalue weighted by molar-refractivity contribution is 5.93. The molecular formula is C13H20N4O2. The third kappa shape index (κ3) is 3.50. The van der Waals surface area contributed by atoms with Gasteiger partial charge < -0.3 is 4.74 Å². The van der Waals surface area contributed by atoms with E-state index in [4.69, 9.17) is 10.6 Å². The second-order valence-corrected chi connectivity index (χ2v) is 4.93. The van der Waals surface area contributed by atoms with E-state index in [0.29, 0.717) is 11.6 Å². The number of carbonyl (C=O) groups excluding carboxylic acids is 1. The van der Waals surface area contributed by atoms with Crippen molar-refractivity contribution in [2.45, 2.75) is 32.5 Å². The van der Waals surface area contributed by atoms with Crippen LogP contribution in [0, 0.1) is 0 Å². The normalized spacial score (nSPS) is 24.2. The minimum atomic E-state index is -0.326. The summed E-state index contributed by atoms with van der Waals surface area (Å²) in [4.78, 5) is 17.9. The zero-order valence-electron chi connectivity index (χ0n) is 11.3. The number of nitrogen functional groups attached to an aromatic ring is 1. The molecule has 1 aromatic rings. The van der Waals surface area contributed by atoms with Gasteiger partial charge in [0, 0.05) is 25.3 Å². The van der Waals surface area contributed by atoms with E-state index in [1.807, 2.05) is 6.07 Å². The second-order valence-electron chi connectivity index (χ2n) is 4.93. The molecule has 2 unspecified atom stereocenters. The predicted molar refractivity (Wildman–Crippen MR) is 71.2 cm³/mol. The van der Waals surface area contributed by atoms with Gasteiger partial charge in [0.25, 0.3) is 5.91 Å². The van der Waals surface area contributed by atoms with Crippen LogP contribution in [0.4, 0.5) is 0 Å². The number of pyridine rings is 1. The Hall–Kier alpha value is -1.50. The Labute approximate surface area is 112 Å². The molecular weight excluding hydrogens is 244 g/mol. The number of hydrogen-bond acceptors (Lipinski definition) is 5. The van der Waals surface area contributed by atoms with Crippen LogP contribution in [0.3, 0.4) is 0 Å². The molecule has 0 aromatic carbocycles. The summed E-state index contributed by atoms with van der Waals surface area (Å²) in [5.41, 5.74) is 3.50. The highest BCUT2D eigenvalue weighted by atomic mass is 16.5. The Balaban J connectivity index is 2.00. The van der Waals surface area contributed by atoms with Gasteiger partial charge in [0.05, 0.1) is 24.0 Å². The first-order valence-electron chi connectivity index (χ1n) is 6.41. The zero-order valence-corrected chi connectivity index (χ0v) is 11.3. The molecule has 1 aliphatic heterocycles. The van der Waals surface area contributed by atoms with E-state index in [1.165, 1.54) is 0 Å². The highest BCUT2D eigenvalue weighted by Gasteiger charge is 2.23. The molecule has 1 aliphatic rings. The van der Waals surface area contributed by atoms with E-state index >= 15 is 0 Å². The SMILES string of the molecule is CC1CN(Cc2ccc(C(=O)NN)cn2)C(C)CO1. The molecule has 0 saturated carbocycles. The number of nitrogens with two attached hydrogens (primary N) is 1. The van der Waals surface area contributed by atoms with Gasteiger partial charge in [-0.3, -0.25) is 20.1 Å². The topological polar surface area (TPSA) is 80.5 Å². The van der Waals surface area contributed by atoms with Crippen LogP contribution in [0.15, 0.2) is 18.3 Å². The van der Waals surface area contributed by atoms with E-state index in [0.717, 1.165) is 25.4 Å². The fraction of sp³-hybridized carbons (Fsp3) is 0.538. The molecule has 3 N–H and O–H groups in total. The second kappa shape index (κ2) is 6.10. The van der Waals surface area contributed by atoms with E-state index in [9.17, 15) is 4.79 Å². The van der Waals surface area contributed by atoms with Crippen molar-refractivity contribution in [3.8, 4) is 0 Å². The van der Waals surface area contributed by atoms with E-state index in [1.54, 1.807) is 12.3 Å². The number of aromatic nitrogens is 1. The third-order valence-corrected chi connectivity index (χ3v) is 3.32. The standard InChI is InChI=1S/C13H20N4O2/c1-9-8-19-10(2)6-17(9)7-12-4-3-11(5-15-12)13(18)16-14/h3-5,9-10H,6-8,14H2,1-2H3,(H,16,18). The van der Waals surface area contributed by atoms with Gasteiger partial charge >= 0.3 is 0 Å². The van der Waals surface area contributed by atoms with Gasteiger partial charge in [-0.2, -0.15) is 0 Å². The fourth-order valence-electron chi connectivity index (χ4n) is 2.14. The van der Waals surface area contributed by atoms with Crippen molar-refractivity contribution in [1.82, 2.24) is 15.3 Å². The average molecular weight is 264 g/mol. The Bertz CT molecular complexity index is 435. The minimum Gasteiger partial charge on any atom is -0.376 e. The third-order valence-electron chi connectivity index (χ3n) is 3.32. The fourth-order valence-corrected chi connectivity index (χ4v) is 2.14. The monoisotopic (exact) mass is 264 g/mol. The lowest BCUT2D eigenvalue weighted by Gasteiger charge is -2.36. The number of morpholine rings is 1. The van der Waals surface area contributed by atoms with Gasteiger partial charge in [0.1, 0.15) is 0 Å². The molecule has 19 heavy (non-hydrogen) atoms. The van der Waals surface area contributed by atoms with Crippen molar-refractivity contribution >= 4 is 5.91 Å². The Morgan fingerprint density at radius 2 is 2.37 bits per heavy atom. The summed E-state index contributed by atoms with van der Waals surface area (Å²) in [5.74, 6) is 4.75. The molecule has 2 atom stereocenters. The van der Waals surface area contributed by atoms with Crippen molar-refractivity contribution < 1.29 is 9.53 Å². The number of ether oxygens (including phenoxy) is 1. The summed E-state index contributed by atoms with van der Waals surface area (Å²) < 4.78 is 5.59. The van der Waals surface area contributed by atoms with Crippen LogP contribution < -0.4 is 11.3 Å². The maximum atomic E-state index is 11.3. The molecule has 0 bridgehead atoms. The van der Waals surface area contributed by atoms with Crippen molar-refractivity contribution in [3.63, 3.8) is 0 Å². The molecule has 1 aromatic heterocycles. The molecule has 6 heteroatoms. The lowest BCUT2D eigenvalue weighted by Crippen LogP contribution is -2.46. The number of amides is 1. The predicted octanol–water partition coefficient (Wildman–Crippen LogP) is 0.294.